The summed E-state index contributed by atoms with van der Waals surface area (Å²) < 4.78 is 4.77. The molecule has 0 bridgehead atoms. The van der Waals surface area contributed by atoms with Crippen LogP contribution in [0.15, 0.2) is 11.8 Å². The molecule has 2 heteroatoms. The molecule has 1 nitrogen and oxygen atoms in total. The number of alkyl halides is 1. The first kappa shape index (κ1) is 5.41. The van der Waals surface area contributed by atoms with Gasteiger partial charge < -0.3 is 0 Å². The average Bonchev–Trinajstić information content (AvgIpc) is 1.69. The Bertz CT molecular complexity index is 88.1. The maximum atomic E-state index is 3.35. The summed E-state index contributed by atoms with van der Waals surface area (Å²) in [7, 11) is 0. The summed E-state index contributed by atoms with van der Waals surface area (Å²) in [6.45, 7) is 2.14. The Balaban J connectivity index is 2.40. The van der Waals surface area contributed by atoms with Crippen molar-refractivity contribution in [1.82, 2.24) is 3.53 Å². The van der Waals surface area contributed by atoms with E-state index >= 15 is 0 Å². The molecule has 0 spiro atoms. The normalized spacial score (nSPS) is 21.6. The Morgan fingerprint density at radius 2 is 2.71 bits per heavy atom. The van der Waals surface area contributed by atoms with E-state index < -0.39 is 0 Å². The molecule has 1 heterocycles. The van der Waals surface area contributed by atoms with Crippen molar-refractivity contribution in [3.8, 4) is 0 Å². The third-order valence-corrected chi connectivity index (χ3v) is 3.26. The van der Waals surface area contributed by atoms with Gasteiger partial charge in [-0.15, -0.1) is 0 Å². The number of hydrogen-bond acceptors (Lipinski definition) is 1. The van der Waals surface area contributed by atoms with Gasteiger partial charge in [-0.1, -0.05) is 0 Å². The van der Waals surface area contributed by atoms with Crippen molar-refractivity contribution in [1.29, 1.82) is 0 Å². The van der Waals surface area contributed by atoms with E-state index in [4.69, 9.17) is 0 Å². The molecule has 0 aromatic heterocycles. The molecule has 7 heavy (non-hydrogen) atoms. The van der Waals surface area contributed by atoms with Crippen molar-refractivity contribution >= 4 is 0 Å². The molecule has 1 rings (SSSR count). The van der Waals surface area contributed by atoms with Crippen molar-refractivity contribution in [2.24, 2.45) is 0 Å². The molecule has 0 unspecified atom stereocenters. The van der Waals surface area contributed by atoms with Crippen LogP contribution in [-0.2, 0) is 0 Å². The second kappa shape index (κ2) is 2.55. The van der Waals surface area contributed by atoms with Crippen LogP contribution in [0.4, 0.5) is 0 Å². The molecule has 1 N–H and O–H groups in total. The SMILES string of the molecule is CC1=CCC[I-]N1. The molecule has 0 radical (unpaired) electrons. The fourth-order valence-electron chi connectivity index (χ4n) is 0.517. The number of hydrogen-bond donors (Lipinski definition) is 1. The van der Waals surface area contributed by atoms with Gasteiger partial charge >= 0.3 is 54.6 Å². The van der Waals surface area contributed by atoms with Gasteiger partial charge in [0.05, 0.1) is 0 Å². The van der Waals surface area contributed by atoms with Crippen LogP contribution >= 0.6 is 0 Å². The van der Waals surface area contributed by atoms with E-state index in [1.165, 1.54) is 16.5 Å². The van der Waals surface area contributed by atoms with Gasteiger partial charge in [0.2, 0.25) is 0 Å². The number of nitrogens with one attached hydrogen (secondary N) is 1. The van der Waals surface area contributed by atoms with Crippen LogP contribution in [0.25, 0.3) is 0 Å². The van der Waals surface area contributed by atoms with Crippen LogP contribution in [0, 0.1) is 0 Å². The van der Waals surface area contributed by atoms with Crippen molar-refractivity contribution in [3.05, 3.63) is 11.8 Å². The first-order valence-electron chi connectivity index (χ1n) is 2.40. The molecule has 0 saturated heterocycles. The summed E-state index contributed by atoms with van der Waals surface area (Å²) in [6.07, 6.45) is 3.58. The van der Waals surface area contributed by atoms with Gasteiger partial charge in [-0.2, -0.15) is 0 Å². The molecule has 1 aliphatic rings. The number of rotatable bonds is 0. The summed E-state index contributed by atoms with van der Waals surface area (Å²) in [4.78, 5) is 0. The van der Waals surface area contributed by atoms with Crippen molar-refractivity contribution in [2.45, 2.75) is 13.3 Å². The zero-order valence-corrected chi connectivity index (χ0v) is 6.53. The van der Waals surface area contributed by atoms with Crippen LogP contribution in [-0.4, -0.2) is 4.43 Å². The van der Waals surface area contributed by atoms with Gasteiger partial charge in [0.15, 0.2) is 0 Å². The Labute approximate surface area is 54.8 Å². The van der Waals surface area contributed by atoms with E-state index in [1.54, 1.807) is 0 Å². The molecule has 0 aliphatic carbocycles. The van der Waals surface area contributed by atoms with Crippen molar-refractivity contribution < 1.29 is 21.5 Å². The minimum atomic E-state index is 0.356. The molecule has 1 aliphatic heterocycles. The van der Waals surface area contributed by atoms with E-state index in [9.17, 15) is 0 Å². The molecule has 0 aromatic rings. The fourth-order valence-corrected chi connectivity index (χ4v) is 2.23. The van der Waals surface area contributed by atoms with Crippen molar-refractivity contribution in [3.63, 3.8) is 0 Å². The van der Waals surface area contributed by atoms with Gasteiger partial charge in [-0.3, -0.25) is 0 Å². The molecule has 42 valence electrons. The van der Waals surface area contributed by atoms with E-state index in [2.05, 4.69) is 16.5 Å². The van der Waals surface area contributed by atoms with Gasteiger partial charge in [0.25, 0.3) is 0 Å². The molecule has 0 aromatic carbocycles. The first-order chi connectivity index (χ1) is 3.39. The molecule has 0 fully saturated rings. The van der Waals surface area contributed by atoms with Gasteiger partial charge in [0.1, 0.15) is 0 Å². The quantitative estimate of drug-likeness (QED) is 0.274. The topological polar surface area (TPSA) is 12.0 Å². The Morgan fingerprint density at radius 3 is 3.00 bits per heavy atom. The monoisotopic (exact) mass is 210 g/mol. The summed E-state index contributed by atoms with van der Waals surface area (Å²) >= 11 is 0.356. The van der Waals surface area contributed by atoms with E-state index in [0.717, 1.165) is 0 Å². The summed E-state index contributed by atoms with van der Waals surface area (Å²) in [6, 6.07) is 0. The zero-order valence-electron chi connectivity index (χ0n) is 4.37. The predicted molar refractivity (Wildman–Crippen MR) is 26.4 cm³/mol. The summed E-state index contributed by atoms with van der Waals surface area (Å²) in [5.41, 5.74) is 1.39. The molecule has 0 amide bonds. The Kier molecular flexibility index (Phi) is 1.97. The molecular weight excluding hydrogens is 201 g/mol. The number of halogens is 1. The molecular formula is C5H9IN-. The van der Waals surface area contributed by atoms with Crippen LogP contribution in [0.1, 0.15) is 13.3 Å². The maximum absolute atomic E-state index is 3.35. The van der Waals surface area contributed by atoms with Crippen molar-refractivity contribution in [2.75, 3.05) is 4.43 Å². The minimum absolute atomic E-state index is 0.356. The zero-order chi connectivity index (χ0) is 5.11. The average molecular weight is 210 g/mol. The van der Waals surface area contributed by atoms with Crippen LogP contribution in [0.2, 0.25) is 0 Å². The van der Waals surface area contributed by atoms with E-state index in [1.807, 2.05) is 0 Å². The standard InChI is InChI=1S/C5H9IN/c1-5-3-2-4-6-7-5/h3,7H,2,4H2,1H3/q-1. The predicted octanol–water partition coefficient (Wildman–Crippen LogP) is -2.11. The van der Waals surface area contributed by atoms with Gasteiger partial charge in [-0.25, -0.2) is 0 Å². The number of allylic oxidation sites excluding steroid dienone is 2. The summed E-state index contributed by atoms with van der Waals surface area (Å²) in [5.74, 6) is 0. The Hall–Kier alpha value is 0.270. The molecule has 0 saturated carbocycles. The van der Waals surface area contributed by atoms with Crippen LogP contribution in [0.3, 0.4) is 0 Å². The Morgan fingerprint density at radius 1 is 1.86 bits per heavy atom. The third kappa shape index (κ3) is 1.67. The van der Waals surface area contributed by atoms with Crippen LogP contribution in [0.5, 0.6) is 0 Å². The second-order valence-corrected chi connectivity index (χ2v) is 3.97. The second-order valence-electron chi connectivity index (χ2n) is 1.59. The van der Waals surface area contributed by atoms with E-state index in [-0.39, 0.29) is 0 Å². The summed E-state index contributed by atoms with van der Waals surface area (Å²) in [5, 5.41) is 0. The van der Waals surface area contributed by atoms with Gasteiger partial charge in [0, 0.05) is 0 Å². The molecule has 0 atom stereocenters. The fraction of sp³-hybridized carbons (Fsp3) is 0.600. The van der Waals surface area contributed by atoms with Gasteiger partial charge in [-0.05, 0) is 0 Å². The van der Waals surface area contributed by atoms with E-state index in [0.29, 0.717) is 21.5 Å². The first-order valence-corrected chi connectivity index (χ1v) is 5.01. The third-order valence-electron chi connectivity index (χ3n) is 0.870. The van der Waals surface area contributed by atoms with Crippen LogP contribution < -0.4 is 25.0 Å².